The lowest BCUT2D eigenvalue weighted by Crippen LogP contribution is -2.51. The molecule has 0 aliphatic heterocycles. The topological polar surface area (TPSA) is 58.6 Å². The first-order valence-corrected chi connectivity index (χ1v) is 11.7. The zero-order valence-electron chi connectivity index (χ0n) is 20.5. The number of nitrogens with zero attached hydrogens (tertiary/aromatic N) is 1. The number of likely N-dealkylation sites (N-methyl/N-ethyl adjacent to an activating group) is 1. The predicted molar refractivity (Wildman–Crippen MR) is 136 cm³/mol. The molecule has 3 rings (SSSR count). The van der Waals surface area contributed by atoms with Crippen molar-refractivity contribution in [2.45, 2.75) is 45.7 Å². The number of hydrogen-bond acceptors (Lipinski definition) is 3. The third-order valence-corrected chi connectivity index (χ3v) is 6.03. The van der Waals surface area contributed by atoms with E-state index in [2.05, 4.69) is 19.2 Å². The van der Waals surface area contributed by atoms with Crippen LogP contribution in [0.3, 0.4) is 0 Å². The van der Waals surface area contributed by atoms with Gasteiger partial charge in [0, 0.05) is 20.0 Å². The van der Waals surface area contributed by atoms with E-state index in [1.165, 1.54) is 5.56 Å². The number of rotatable bonds is 10. The van der Waals surface area contributed by atoms with Gasteiger partial charge in [0.15, 0.2) is 6.61 Å². The van der Waals surface area contributed by atoms with E-state index in [4.69, 9.17) is 4.74 Å². The summed E-state index contributed by atoms with van der Waals surface area (Å²) in [7, 11) is 1.60. The molecule has 3 aromatic carbocycles. The summed E-state index contributed by atoms with van der Waals surface area (Å²) in [6.45, 7) is 6.46. The second-order valence-corrected chi connectivity index (χ2v) is 8.78. The number of amides is 2. The number of hydrogen-bond donors (Lipinski definition) is 1. The van der Waals surface area contributed by atoms with Gasteiger partial charge in [-0.2, -0.15) is 0 Å². The van der Waals surface area contributed by atoms with E-state index in [1.807, 2.05) is 85.8 Å². The third kappa shape index (κ3) is 6.70. The number of carbonyl (C=O) groups excluding carboxylic acids is 2. The number of aryl methyl sites for hydroxylation is 1. The Bertz CT molecular complexity index is 1080. The molecule has 2 amide bonds. The molecule has 0 radical (unpaired) electrons. The smallest absolute Gasteiger partial charge is 0.261 e. The standard InChI is InChI=1S/C29H34N2O3/c1-21(2)24-14-16-26(17-15-24)34-20-28(32)31(19-25-13-9-8-10-22(25)3)27(29(33)30-4)18-23-11-6-5-7-12-23/h5-17,21,27H,18-20H2,1-4H3,(H,30,33). The highest BCUT2D eigenvalue weighted by Gasteiger charge is 2.30. The van der Waals surface area contributed by atoms with Crippen molar-refractivity contribution < 1.29 is 14.3 Å². The van der Waals surface area contributed by atoms with Crippen LogP contribution in [-0.4, -0.2) is 36.4 Å². The van der Waals surface area contributed by atoms with Crippen molar-refractivity contribution in [3.63, 3.8) is 0 Å². The fourth-order valence-electron chi connectivity index (χ4n) is 3.87. The van der Waals surface area contributed by atoms with Crippen LogP contribution in [0.4, 0.5) is 0 Å². The van der Waals surface area contributed by atoms with Gasteiger partial charge in [-0.15, -0.1) is 0 Å². The van der Waals surface area contributed by atoms with Gasteiger partial charge >= 0.3 is 0 Å². The molecule has 1 atom stereocenters. The molecular formula is C29H34N2O3. The van der Waals surface area contributed by atoms with Gasteiger partial charge in [-0.05, 0) is 47.2 Å². The van der Waals surface area contributed by atoms with Gasteiger partial charge in [-0.25, -0.2) is 0 Å². The van der Waals surface area contributed by atoms with E-state index < -0.39 is 6.04 Å². The van der Waals surface area contributed by atoms with Crippen LogP contribution in [-0.2, 0) is 22.6 Å². The lowest BCUT2D eigenvalue weighted by Gasteiger charge is -2.31. The van der Waals surface area contributed by atoms with Crippen LogP contribution in [0.1, 0.15) is 42.0 Å². The van der Waals surface area contributed by atoms with Crippen molar-refractivity contribution in [2.24, 2.45) is 0 Å². The molecule has 0 saturated heterocycles. The minimum atomic E-state index is -0.661. The average Bonchev–Trinajstić information content (AvgIpc) is 2.86. The summed E-state index contributed by atoms with van der Waals surface area (Å²) >= 11 is 0. The molecule has 3 aromatic rings. The lowest BCUT2D eigenvalue weighted by molar-refractivity contribution is -0.142. The summed E-state index contributed by atoms with van der Waals surface area (Å²) < 4.78 is 5.84. The number of benzene rings is 3. The second-order valence-electron chi connectivity index (χ2n) is 8.78. The molecular weight excluding hydrogens is 424 g/mol. The molecule has 5 heteroatoms. The van der Waals surface area contributed by atoms with Crippen LogP contribution in [0.5, 0.6) is 5.75 Å². The molecule has 178 valence electrons. The first kappa shape index (κ1) is 25.0. The maximum absolute atomic E-state index is 13.5. The van der Waals surface area contributed by atoms with Gasteiger partial charge < -0.3 is 15.0 Å². The van der Waals surface area contributed by atoms with Gasteiger partial charge in [-0.1, -0.05) is 80.6 Å². The maximum Gasteiger partial charge on any atom is 0.261 e. The van der Waals surface area contributed by atoms with Gasteiger partial charge in [0.1, 0.15) is 11.8 Å². The van der Waals surface area contributed by atoms with Crippen LogP contribution in [0.15, 0.2) is 78.9 Å². The van der Waals surface area contributed by atoms with Gasteiger partial charge in [0.25, 0.3) is 5.91 Å². The Balaban J connectivity index is 1.85. The molecule has 0 fully saturated rings. The average molecular weight is 459 g/mol. The number of nitrogens with one attached hydrogen (secondary N) is 1. The lowest BCUT2D eigenvalue weighted by atomic mass is 10.0. The number of ether oxygens (including phenoxy) is 1. The molecule has 5 nitrogen and oxygen atoms in total. The molecule has 0 aliphatic carbocycles. The summed E-state index contributed by atoms with van der Waals surface area (Å²) in [6, 6.07) is 24.8. The summed E-state index contributed by atoms with van der Waals surface area (Å²) in [5.41, 5.74) is 4.27. The normalized spacial score (nSPS) is 11.7. The molecule has 0 heterocycles. The van der Waals surface area contributed by atoms with Crippen LogP contribution >= 0.6 is 0 Å². The van der Waals surface area contributed by atoms with Crippen LogP contribution < -0.4 is 10.1 Å². The molecule has 0 aliphatic rings. The predicted octanol–water partition coefficient (Wildman–Crippen LogP) is 4.88. The Kier molecular flexibility index (Phi) is 8.86. The minimum absolute atomic E-state index is 0.144. The Labute approximate surface area is 202 Å². The van der Waals surface area contributed by atoms with Gasteiger partial charge in [0.2, 0.25) is 5.91 Å². The molecule has 1 N–H and O–H groups in total. The quantitative estimate of drug-likeness (QED) is 0.471. The van der Waals surface area contributed by atoms with E-state index in [-0.39, 0.29) is 18.4 Å². The summed E-state index contributed by atoms with van der Waals surface area (Å²) in [4.78, 5) is 28.1. The highest BCUT2D eigenvalue weighted by atomic mass is 16.5. The molecule has 0 spiro atoms. The molecule has 0 aromatic heterocycles. The molecule has 34 heavy (non-hydrogen) atoms. The van der Waals surface area contributed by atoms with Gasteiger partial charge in [-0.3, -0.25) is 9.59 Å². The van der Waals surface area contributed by atoms with E-state index in [0.717, 1.165) is 16.7 Å². The summed E-state index contributed by atoms with van der Waals surface area (Å²) in [6.07, 6.45) is 0.418. The van der Waals surface area contributed by atoms with Crippen molar-refractivity contribution >= 4 is 11.8 Å². The summed E-state index contributed by atoms with van der Waals surface area (Å²) in [5.74, 6) is 0.618. The Morgan fingerprint density at radius 1 is 0.912 bits per heavy atom. The largest absolute Gasteiger partial charge is 0.484 e. The minimum Gasteiger partial charge on any atom is -0.484 e. The van der Waals surface area contributed by atoms with Crippen molar-refractivity contribution in [2.75, 3.05) is 13.7 Å². The van der Waals surface area contributed by atoms with Crippen LogP contribution in [0.2, 0.25) is 0 Å². The van der Waals surface area contributed by atoms with E-state index in [0.29, 0.717) is 24.6 Å². The summed E-state index contributed by atoms with van der Waals surface area (Å²) in [5, 5.41) is 2.74. The first-order chi connectivity index (χ1) is 16.4. The Morgan fingerprint density at radius 3 is 2.18 bits per heavy atom. The van der Waals surface area contributed by atoms with Crippen LogP contribution in [0.25, 0.3) is 0 Å². The molecule has 1 unspecified atom stereocenters. The first-order valence-electron chi connectivity index (χ1n) is 11.7. The second kappa shape index (κ2) is 12.0. The van der Waals surface area contributed by atoms with E-state index >= 15 is 0 Å². The van der Waals surface area contributed by atoms with Crippen molar-refractivity contribution in [1.29, 1.82) is 0 Å². The van der Waals surface area contributed by atoms with Crippen molar-refractivity contribution in [3.05, 3.63) is 101 Å². The van der Waals surface area contributed by atoms with Crippen LogP contribution in [0, 0.1) is 6.92 Å². The molecule has 0 bridgehead atoms. The highest BCUT2D eigenvalue weighted by molar-refractivity contribution is 5.88. The highest BCUT2D eigenvalue weighted by Crippen LogP contribution is 2.20. The Hall–Kier alpha value is -3.60. The third-order valence-electron chi connectivity index (χ3n) is 6.03. The fraction of sp³-hybridized carbons (Fsp3) is 0.310. The van der Waals surface area contributed by atoms with E-state index in [9.17, 15) is 9.59 Å². The fourth-order valence-corrected chi connectivity index (χ4v) is 3.87. The monoisotopic (exact) mass is 458 g/mol. The molecule has 0 saturated carbocycles. The van der Waals surface area contributed by atoms with Crippen molar-refractivity contribution in [1.82, 2.24) is 10.2 Å². The number of carbonyl (C=O) groups is 2. The van der Waals surface area contributed by atoms with E-state index in [1.54, 1.807) is 11.9 Å². The zero-order chi connectivity index (χ0) is 24.5. The Morgan fingerprint density at radius 2 is 1.56 bits per heavy atom. The van der Waals surface area contributed by atoms with Crippen molar-refractivity contribution in [3.8, 4) is 5.75 Å². The zero-order valence-corrected chi connectivity index (χ0v) is 20.5. The van der Waals surface area contributed by atoms with Gasteiger partial charge in [0.05, 0.1) is 0 Å². The SMILES string of the molecule is CNC(=O)C(Cc1ccccc1)N(Cc1ccccc1C)C(=O)COc1ccc(C(C)C)cc1. The maximum atomic E-state index is 13.5.